The Morgan fingerprint density at radius 3 is 2.89 bits per heavy atom. The Hall–Kier alpha value is -2.15. The third kappa shape index (κ3) is 3.00. The standard InChI is InChI=1S/C12H13FN4OS/c1-2-15-12-17-10(14)9(19-12)11(18)16-8-6-4-3-5-7(8)13/h3-6H,2,14H2,1H3,(H,15,17)(H,16,18). The molecule has 19 heavy (non-hydrogen) atoms. The number of nitrogens with zero attached hydrogens (tertiary/aromatic N) is 1. The lowest BCUT2D eigenvalue weighted by Gasteiger charge is -2.04. The lowest BCUT2D eigenvalue weighted by Crippen LogP contribution is -2.13. The van der Waals surface area contributed by atoms with Crippen LogP contribution < -0.4 is 16.4 Å². The van der Waals surface area contributed by atoms with Crippen LogP contribution in [0.4, 0.5) is 21.0 Å². The van der Waals surface area contributed by atoms with Crippen LogP contribution in [0.1, 0.15) is 16.6 Å². The lowest BCUT2D eigenvalue weighted by molar-refractivity contribution is 0.103. The van der Waals surface area contributed by atoms with E-state index in [2.05, 4.69) is 15.6 Å². The van der Waals surface area contributed by atoms with Gasteiger partial charge in [-0.1, -0.05) is 23.5 Å². The van der Waals surface area contributed by atoms with Gasteiger partial charge in [0.2, 0.25) is 0 Å². The molecule has 1 amide bonds. The molecule has 7 heteroatoms. The van der Waals surface area contributed by atoms with Gasteiger partial charge in [0.05, 0.1) is 5.69 Å². The third-order valence-corrected chi connectivity index (χ3v) is 3.34. The van der Waals surface area contributed by atoms with Gasteiger partial charge in [0.1, 0.15) is 16.5 Å². The van der Waals surface area contributed by atoms with E-state index in [1.165, 1.54) is 12.1 Å². The van der Waals surface area contributed by atoms with E-state index in [0.717, 1.165) is 11.3 Å². The molecular formula is C12H13FN4OS. The average molecular weight is 280 g/mol. The maximum atomic E-state index is 13.4. The molecule has 5 nitrogen and oxygen atoms in total. The van der Waals surface area contributed by atoms with E-state index in [-0.39, 0.29) is 16.4 Å². The zero-order valence-electron chi connectivity index (χ0n) is 10.2. The van der Waals surface area contributed by atoms with E-state index in [0.29, 0.717) is 11.7 Å². The summed E-state index contributed by atoms with van der Waals surface area (Å²) in [4.78, 5) is 16.3. The first kappa shape index (κ1) is 13.3. The van der Waals surface area contributed by atoms with Gasteiger partial charge in [-0.15, -0.1) is 0 Å². The number of anilines is 3. The summed E-state index contributed by atoms with van der Waals surface area (Å²) in [5.41, 5.74) is 5.79. The number of hydrogen-bond acceptors (Lipinski definition) is 5. The van der Waals surface area contributed by atoms with Crippen molar-refractivity contribution in [1.82, 2.24) is 4.98 Å². The van der Waals surface area contributed by atoms with E-state index in [9.17, 15) is 9.18 Å². The predicted molar refractivity (Wildman–Crippen MR) is 75.0 cm³/mol. The molecule has 2 rings (SSSR count). The summed E-state index contributed by atoms with van der Waals surface area (Å²) < 4.78 is 13.4. The number of nitrogens with two attached hydrogens (primary N) is 1. The van der Waals surface area contributed by atoms with Crippen LogP contribution in [0.2, 0.25) is 0 Å². The molecule has 0 saturated carbocycles. The largest absolute Gasteiger partial charge is 0.382 e. The molecule has 0 aliphatic carbocycles. The van der Waals surface area contributed by atoms with Gasteiger partial charge in [0.25, 0.3) is 5.91 Å². The van der Waals surface area contributed by atoms with Gasteiger partial charge in [0.15, 0.2) is 5.13 Å². The van der Waals surface area contributed by atoms with Crippen molar-refractivity contribution in [2.45, 2.75) is 6.92 Å². The van der Waals surface area contributed by atoms with E-state index < -0.39 is 11.7 Å². The molecule has 0 unspecified atom stereocenters. The number of nitrogen functional groups attached to an aromatic ring is 1. The smallest absolute Gasteiger partial charge is 0.269 e. The van der Waals surface area contributed by atoms with Crippen LogP contribution in [-0.4, -0.2) is 17.4 Å². The molecule has 100 valence electrons. The van der Waals surface area contributed by atoms with Crippen LogP contribution in [0.3, 0.4) is 0 Å². The molecule has 0 bridgehead atoms. The highest BCUT2D eigenvalue weighted by atomic mass is 32.1. The zero-order valence-corrected chi connectivity index (χ0v) is 11.1. The minimum Gasteiger partial charge on any atom is -0.382 e. The number of nitrogens with one attached hydrogen (secondary N) is 2. The van der Waals surface area contributed by atoms with Gasteiger partial charge >= 0.3 is 0 Å². The number of carbonyl (C=O) groups is 1. The number of rotatable bonds is 4. The fraction of sp³-hybridized carbons (Fsp3) is 0.167. The number of thiazole rings is 1. The van der Waals surface area contributed by atoms with Crippen molar-refractivity contribution >= 4 is 33.9 Å². The molecule has 0 aliphatic heterocycles. The second-order valence-electron chi connectivity index (χ2n) is 3.70. The summed E-state index contributed by atoms with van der Waals surface area (Å²) in [7, 11) is 0. The Morgan fingerprint density at radius 2 is 2.21 bits per heavy atom. The molecule has 4 N–H and O–H groups in total. The van der Waals surface area contributed by atoms with Gasteiger partial charge in [-0.2, -0.15) is 0 Å². The van der Waals surface area contributed by atoms with Crippen molar-refractivity contribution in [3.05, 3.63) is 35.0 Å². The van der Waals surface area contributed by atoms with Crippen molar-refractivity contribution < 1.29 is 9.18 Å². The molecule has 1 heterocycles. The summed E-state index contributed by atoms with van der Waals surface area (Å²) in [6, 6.07) is 5.94. The van der Waals surface area contributed by atoms with Crippen LogP contribution >= 0.6 is 11.3 Å². The van der Waals surface area contributed by atoms with Gasteiger partial charge < -0.3 is 16.4 Å². The van der Waals surface area contributed by atoms with Crippen molar-refractivity contribution in [3.8, 4) is 0 Å². The van der Waals surface area contributed by atoms with Crippen molar-refractivity contribution in [3.63, 3.8) is 0 Å². The molecule has 1 aromatic heterocycles. The maximum absolute atomic E-state index is 13.4. The minimum atomic E-state index is -0.495. The Labute approximate surface area is 113 Å². The monoisotopic (exact) mass is 280 g/mol. The predicted octanol–water partition coefficient (Wildman–Crippen LogP) is 2.55. The summed E-state index contributed by atoms with van der Waals surface area (Å²) >= 11 is 1.14. The third-order valence-electron chi connectivity index (χ3n) is 2.31. The number of benzene rings is 1. The van der Waals surface area contributed by atoms with Crippen LogP contribution in [0.25, 0.3) is 0 Å². The highest BCUT2D eigenvalue weighted by molar-refractivity contribution is 7.18. The molecule has 0 aliphatic rings. The van der Waals surface area contributed by atoms with Crippen molar-refractivity contribution in [2.75, 3.05) is 22.9 Å². The minimum absolute atomic E-state index is 0.116. The summed E-state index contributed by atoms with van der Waals surface area (Å²) in [5, 5.41) is 6.01. The topological polar surface area (TPSA) is 80.0 Å². The second kappa shape index (κ2) is 5.66. The van der Waals surface area contributed by atoms with Gasteiger partial charge in [-0.05, 0) is 19.1 Å². The van der Waals surface area contributed by atoms with E-state index >= 15 is 0 Å². The van der Waals surface area contributed by atoms with Gasteiger partial charge in [-0.3, -0.25) is 4.79 Å². The maximum Gasteiger partial charge on any atom is 0.269 e. The molecule has 0 saturated heterocycles. The number of aromatic nitrogens is 1. The number of carbonyl (C=O) groups excluding carboxylic acids is 1. The van der Waals surface area contributed by atoms with Gasteiger partial charge in [-0.25, -0.2) is 9.37 Å². The Kier molecular flexibility index (Phi) is 3.96. The molecule has 1 aromatic carbocycles. The molecular weight excluding hydrogens is 267 g/mol. The number of amides is 1. The molecule has 2 aromatic rings. The van der Waals surface area contributed by atoms with E-state index in [1.807, 2.05) is 6.92 Å². The van der Waals surface area contributed by atoms with Crippen LogP contribution in [-0.2, 0) is 0 Å². The highest BCUT2D eigenvalue weighted by Crippen LogP contribution is 2.26. The average Bonchev–Trinajstić information content (AvgIpc) is 2.74. The van der Waals surface area contributed by atoms with Crippen molar-refractivity contribution in [2.24, 2.45) is 0 Å². The molecule has 0 fully saturated rings. The van der Waals surface area contributed by atoms with Crippen LogP contribution in [0.15, 0.2) is 24.3 Å². The van der Waals surface area contributed by atoms with Crippen molar-refractivity contribution in [1.29, 1.82) is 0 Å². The second-order valence-corrected chi connectivity index (χ2v) is 4.70. The summed E-state index contributed by atoms with van der Waals surface area (Å²) in [6.45, 7) is 2.60. The first-order valence-electron chi connectivity index (χ1n) is 5.68. The summed E-state index contributed by atoms with van der Waals surface area (Å²) in [6.07, 6.45) is 0. The highest BCUT2D eigenvalue weighted by Gasteiger charge is 2.17. The van der Waals surface area contributed by atoms with E-state index in [1.54, 1.807) is 12.1 Å². The fourth-order valence-corrected chi connectivity index (χ4v) is 2.31. The normalized spacial score (nSPS) is 10.2. The van der Waals surface area contributed by atoms with Crippen LogP contribution in [0.5, 0.6) is 0 Å². The van der Waals surface area contributed by atoms with E-state index in [4.69, 9.17) is 5.73 Å². The molecule has 0 atom stereocenters. The summed E-state index contributed by atoms with van der Waals surface area (Å²) in [5.74, 6) is -0.829. The van der Waals surface area contributed by atoms with Crippen LogP contribution in [0, 0.1) is 5.82 Å². The number of hydrogen-bond donors (Lipinski definition) is 3. The quantitative estimate of drug-likeness (QED) is 0.804. The molecule has 0 spiro atoms. The lowest BCUT2D eigenvalue weighted by atomic mass is 10.3. The number of para-hydroxylation sites is 1. The molecule has 0 radical (unpaired) electrons. The number of halogens is 1. The van der Waals surface area contributed by atoms with Gasteiger partial charge in [0, 0.05) is 6.54 Å². The SMILES string of the molecule is CCNc1nc(N)c(C(=O)Nc2ccccc2F)s1. The fourth-order valence-electron chi connectivity index (χ4n) is 1.46. The first-order valence-corrected chi connectivity index (χ1v) is 6.49. The first-order chi connectivity index (χ1) is 9.11. The Balaban J connectivity index is 2.18. The Bertz CT molecular complexity index is 599. The zero-order chi connectivity index (χ0) is 13.8. The Morgan fingerprint density at radius 1 is 1.47 bits per heavy atom.